The maximum atomic E-state index is 13.4. The van der Waals surface area contributed by atoms with Gasteiger partial charge in [-0.1, -0.05) is 67.8 Å². The van der Waals surface area contributed by atoms with Crippen molar-refractivity contribution in [3.8, 4) is 0 Å². The van der Waals surface area contributed by atoms with E-state index in [1.165, 1.54) is 51.0 Å². The molecule has 2 nitrogen and oxygen atoms in total. The van der Waals surface area contributed by atoms with E-state index >= 15 is 0 Å². The fraction of sp³-hybridized carbons (Fsp3) is 0.647. The molecule has 0 saturated carbocycles. The Bertz CT molecular complexity index is 378. The van der Waals surface area contributed by atoms with Gasteiger partial charge in [-0.3, -0.25) is 11.3 Å². The molecule has 0 saturated heterocycles. The monoisotopic (exact) mass is 358 g/mol. The fourth-order valence-electron chi connectivity index (χ4n) is 2.61. The highest BCUT2D eigenvalue weighted by atomic mass is 79.9. The van der Waals surface area contributed by atoms with Crippen LogP contribution in [0.5, 0.6) is 0 Å². The van der Waals surface area contributed by atoms with Gasteiger partial charge in [-0.15, -0.1) is 0 Å². The largest absolute Gasteiger partial charge is 0.271 e. The van der Waals surface area contributed by atoms with Gasteiger partial charge in [0.05, 0.1) is 0 Å². The lowest BCUT2D eigenvalue weighted by atomic mass is 10.00. The highest BCUT2D eigenvalue weighted by Gasteiger charge is 2.09. The van der Waals surface area contributed by atoms with Crippen LogP contribution in [0.4, 0.5) is 4.39 Å². The number of benzene rings is 1. The Morgan fingerprint density at radius 3 is 2.38 bits per heavy atom. The second kappa shape index (κ2) is 11.2. The van der Waals surface area contributed by atoms with Crippen LogP contribution in [0.3, 0.4) is 0 Å². The Kier molecular flexibility index (Phi) is 9.89. The van der Waals surface area contributed by atoms with Gasteiger partial charge in [0.2, 0.25) is 0 Å². The van der Waals surface area contributed by atoms with Crippen molar-refractivity contribution < 1.29 is 4.39 Å². The average molecular weight is 359 g/mol. The molecule has 1 aromatic rings. The van der Waals surface area contributed by atoms with Gasteiger partial charge in [0.25, 0.3) is 0 Å². The number of nitrogens with two attached hydrogens (primary N) is 1. The van der Waals surface area contributed by atoms with E-state index in [2.05, 4.69) is 28.3 Å². The molecule has 0 bridgehead atoms. The van der Waals surface area contributed by atoms with E-state index < -0.39 is 0 Å². The van der Waals surface area contributed by atoms with Crippen LogP contribution in [-0.2, 0) is 6.42 Å². The Balaban J connectivity index is 2.25. The van der Waals surface area contributed by atoms with Crippen LogP contribution in [0.1, 0.15) is 63.9 Å². The van der Waals surface area contributed by atoms with Crippen LogP contribution in [0, 0.1) is 5.82 Å². The zero-order valence-electron chi connectivity index (χ0n) is 13.0. The molecule has 0 aliphatic carbocycles. The highest BCUT2D eigenvalue weighted by molar-refractivity contribution is 9.10. The highest BCUT2D eigenvalue weighted by Crippen LogP contribution is 2.18. The molecular formula is C17H28BrFN2. The first-order chi connectivity index (χ1) is 10.2. The lowest BCUT2D eigenvalue weighted by Gasteiger charge is -2.16. The van der Waals surface area contributed by atoms with Crippen molar-refractivity contribution in [3.05, 3.63) is 34.1 Å². The van der Waals surface area contributed by atoms with E-state index in [1.807, 2.05) is 6.07 Å². The molecule has 0 radical (unpaired) electrons. The molecule has 0 spiro atoms. The Morgan fingerprint density at radius 2 is 1.76 bits per heavy atom. The summed E-state index contributed by atoms with van der Waals surface area (Å²) in [6, 6.07) is 5.23. The summed E-state index contributed by atoms with van der Waals surface area (Å²) in [5.41, 5.74) is 3.84. The second-order valence-corrected chi connectivity index (χ2v) is 6.67. The lowest BCUT2D eigenvalue weighted by Crippen LogP contribution is -2.36. The number of hydrogen-bond donors (Lipinski definition) is 2. The molecule has 0 aliphatic heterocycles. The zero-order valence-corrected chi connectivity index (χ0v) is 14.6. The van der Waals surface area contributed by atoms with Gasteiger partial charge in [0.1, 0.15) is 5.82 Å². The molecule has 0 fully saturated rings. The third kappa shape index (κ3) is 8.54. The third-order valence-electron chi connectivity index (χ3n) is 3.80. The maximum absolute atomic E-state index is 13.4. The van der Waals surface area contributed by atoms with Gasteiger partial charge in [-0.2, -0.15) is 0 Å². The number of unbranched alkanes of at least 4 members (excludes halogenated alkanes) is 6. The summed E-state index contributed by atoms with van der Waals surface area (Å²) in [4.78, 5) is 0. The van der Waals surface area contributed by atoms with Gasteiger partial charge in [-0.25, -0.2) is 4.39 Å². The minimum Gasteiger partial charge on any atom is -0.271 e. The SMILES string of the molecule is CCCCCCCCCC(Cc1cc(F)cc(Br)c1)NN. The van der Waals surface area contributed by atoms with Crippen LogP contribution in [0.25, 0.3) is 0 Å². The van der Waals surface area contributed by atoms with Gasteiger partial charge in [-0.05, 0) is 36.6 Å². The van der Waals surface area contributed by atoms with Crippen molar-refractivity contribution in [3.63, 3.8) is 0 Å². The molecular weight excluding hydrogens is 331 g/mol. The fourth-order valence-corrected chi connectivity index (χ4v) is 3.12. The van der Waals surface area contributed by atoms with Crippen molar-refractivity contribution in [1.82, 2.24) is 5.43 Å². The average Bonchev–Trinajstić information content (AvgIpc) is 2.44. The normalized spacial score (nSPS) is 12.6. The van der Waals surface area contributed by atoms with Crippen molar-refractivity contribution in [2.75, 3.05) is 0 Å². The molecule has 1 rings (SSSR count). The van der Waals surface area contributed by atoms with E-state index in [4.69, 9.17) is 5.84 Å². The number of halogens is 2. The Labute approximate surface area is 136 Å². The first-order valence-electron chi connectivity index (χ1n) is 8.06. The first kappa shape index (κ1) is 18.6. The van der Waals surface area contributed by atoms with E-state index in [9.17, 15) is 4.39 Å². The van der Waals surface area contributed by atoms with E-state index in [0.717, 1.165) is 22.9 Å². The van der Waals surface area contributed by atoms with Crippen LogP contribution < -0.4 is 11.3 Å². The quantitative estimate of drug-likeness (QED) is 0.328. The van der Waals surface area contributed by atoms with Crippen LogP contribution in [-0.4, -0.2) is 6.04 Å². The van der Waals surface area contributed by atoms with Crippen LogP contribution in [0.2, 0.25) is 0 Å². The van der Waals surface area contributed by atoms with Crippen molar-refractivity contribution in [1.29, 1.82) is 0 Å². The molecule has 1 atom stereocenters. The van der Waals surface area contributed by atoms with Crippen LogP contribution >= 0.6 is 15.9 Å². The predicted molar refractivity (Wildman–Crippen MR) is 91.5 cm³/mol. The standard InChI is InChI=1S/C17H28BrFN2/c1-2-3-4-5-6-7-8-9-17(21-20)12-14-10-15(18)13-16(19)11-14/h10-11,13,17,21H,2-9,12,20H2,1H3. The maximum Gasteiger partial charge on any atom is 0.124 e. The van der Waals surface area contributed by atoms with Crippen molar-refractivity contribution >= 4 is 15.9 Å². The second-order valence-electron chi connectivity index (χ2n) is 5.76. The molecule has 1 aromatic carbocycles. The smallest absolute Gasteiger partial charge is 0.124 e. The minimum absolute atomic E-state index is 0.203. The molecule has 21 heavy (non-hydrogen) atoms. The third-order valence-corrected chi connectivity index (χ3v) is 4.25. The topological polar surface area (TPSA) is 38.0 Å². The zero-order chi connectivity index (χ0) is 15.5. The summed E-state index contributed by atoms with van der Waals surface area (Å²) in [6.45, 7) is 2.24. The Morgan fingerprint density at radius 1 is 1.10 bits per heavy atom. The molecule has 0 aliphatic rings. The number of hydrogen-bond acceptors (Lipinski definition) is 2. The number of nitrogens with one attached hydrogen (secondary N) is 1. The molecule has 120 valence electrons. The van der Waals surface area contributed by atoms with Gasteiger partial charge < -0.3 is 0 Å². The van der Waals surface area contributed by atoms with E-state index in [-0.39, 0.29) is 11.9 Å². The molecule has 0 heterocycles. The number of rotatable bonds is 11. The summed E-state index contributed by atoms with van der Waals surface area (Å²) in [5, 5.41) is 0. The summed E-state index contributed by atoms with van der Waals surface area (Å²) < 4.78 is 14.1. The summed E-state index contributed by atoms with van der Waals surface area (Å²) in [7, 11) is 0. The Hall–Kier alpha value is -0.450. The minimum atomic E-state index is -0.203. The van der Waals surface area contributed by atoms with Crippen molar-refractivity contribution in [2.45, 2.75) is 70.8 Å². The van der Waals surface area contributed by atoms with E-state index in [1.54, 1.807) is 6.07 Å². The lowest BCUT2D eigenvalue weighted by molar-refractivity contribution is 0.458. The summed E-state index contributed by atoms with van der Waals surface area (Å²) >= 11 is 3.33. The van der Waals surface area contributed by atoms with Crippen molar-refractivity contribution in [2.24, 2.45) is 5.84 Å². The van der Waals surface area contributed by atoms with Crippen LogP contribution in [0.15, 0.2) is 22.7 Å². The molecule has 3 N–H and O–H groups in total. The molecule has 0 aromatic heterocycles. The predicted octanol–water partition coefficient (Wildman–Crippen LogP) is 5.10. The van der Waals surface area contributed by atoms with Gasteiger partial charge in [0.15, 0.2) is 0 Å². The number of hydrazine groups is 1. The summed E-state index contributed by atoms with van der Waals surface area (Å²) in [5.74, 6) is 5.42. The van der Waals surface area contributed by atoms with Gasteiger partial charge in [0, 0.05) is 10.5 Å². The molecule has 4 heteroatoms. The molecule has 0 amide bonds. The summed E-state index contributed by atoms with van der Waals surface area (Å²) in [6.07, 6.45) is 10.9. The van der Waals surface area contributed by atoms with Gasteiger partial charge >= 0.3 is 0 Å². The first-order valence-corrected chi connectivity index (χ1v) is 8.86. The molecule has 1 unspecified atom stereocenters. The van der Waals surface area contributed by atoms with E-state index in [0.29, 0.717) is 0 Å².